The Labute approximate surface area is 142 Å². The molecule has 0 aromatic carbocycles. The van der Waals surface area contributed by atoms with E-state index in [1.807, 2.05) is 0 Å². The fourth-order valence-electron chi connectivity index (χ4n) is 5.73. The Bertz CT molecular complexity index is 310. The molecule has 0 N–H and O–H groups in total. The maximum Gasteiger partial charge on any atom is -0.0190 e. The van der Waals surface area contributed by atoms with Gasteiger partial charge >= 0.3 is 0 Å². The lowest BCUT2D eigenvalue weighted by molar-refractivity contribution is -0.151. The van der Waals surface area contributed by atoms with Crippen molar-refractivity contribution in [2.45, 2.75) is 121 Å². The minimum absolute atomic E-state index is 0.385. The van der Waals surface area contributed by atoms with E-state index in [0.29, 0.717) is 21.7 Å². The van der Waals surface area contributed by atoms with Crippen LogP contribution in [0.3, 0.4) is 0 Å². The number of hydrogen-bond acceptors (Lipinski definition) is 0. The Morgan fingerprint density at radius 3 is 1.36 bits per heavy atom. The quantitative estimate of drug-likeness (QED) is 0.360. The van der Waals surface area contributed by atoms with Gasteiger partial charge in [-0.15, -0.1) is 0 Å². The van der Waals surface area contributed by atoms with Gasteiger partial charge in [0, 0.05) is 0 Å². The number of rotatable bonds is 11. The third-order valence-electron chi connectivity index (χ3n) is 8.37. The van der Waals surface area contributed by atoms with Gasteiger partial charge in [-0.2, -0.15) is 0 Å². The van der Waals surface area contributed by atoms with Crippen molar-refractivity contribution in [1.29, 1.82) is 0 Å². The second kappa shape index (κ2) is 8.20. The zero-order valence-corrected chi connectivity index (χ0v) is 17.7. The first-order valence-corrected chi connectivity index (χ1v) is 10.1. The summed E-state index contributed by atoms with van der Waals surface area (Å²) in [6.45, 7) is 24.8. The van der Waals surface area contributed by atoms with Crippen LogP contribution in [0.5, 0.6) is 0 Å². The van der Waals surface area contributed by atoms with Crippen molar-refractivity contribution < 1.29 is 0 Å². The van der Waals surface area contributed by atoms with Crippen LogP contribution in [0.1, 0.15) is 121 Å². The summed E-state index contributed by atoms with van der Waals surface area (Å²) >= 11 is 0. The van der Waals surface area contributed by atoms with E-state index in [4.69, 9.17) is 0 Å². The van der Waals surface area contributed by atoms with Crippen molar-refractivity contribution in [2.75, 3.05) is 0 Å². The largest absolute Gasteiger partial charge is 0.0654 e. The molecule has 0 aliphatic carbocycles. The smallest absolute Gasteiger partial charge is 0.0190 e. The molecule has 0 rings (SSSR count). The molecule has 0 nitrogen and oxygen atoms in total. The van der Waals surface area contributed by atoms with E-state index in [2.05, 4.69) is 69.2 Å². The summed E-state index contributed by atoms with van der Waals surface area (Å²) in [6, 6.07) is 0. The molecule has 0 aliphatic rings. The molecule has 0 saturated carbocycles. The molecule has 0 aromatic heterocycles. The van der Waals surface area contributed by atoms with Crippen molar-refractivity contribution in [1.82, 2.24) is 0 Å². The second-order valence-electron chi connectivity index (χ2n) is 8.73. The molecule has 0 amide bonds. The lowest BCUT2D eigenvalue weighted by Crippen LogP contribution is -2.56. The van der Waals surface area contributed by atoms with Gasteiger partial charge in [0.2, 0.25) is 0 Å². The minimum atomic E-state index is 0.385. The Balaban J connectivity index is 6.23. The molecule has 0 heteroatoms. The van der Waals surface area contributed by atoms with Gasteiger partial charge in [-0.05, 0) is 47.3 Å². The predicted octanol–water partition coefficient (Wildman–Crippen LogP) is 8.25. The van der Waals surface area contributed by atoms with Gasteiger partial charge in [0.25, 0.3) is 0 Å². The monoisotopic (exact) mass is 310 g/mol. The fourth-order valence-corrected chi connectivity index (χ4v) is 5.73. The maximum atomic E-state index is 2.61. The van der Waals surface area contributed by atoms with Crippen LogP contribution in [-0.4, -0.2) is 0 Å². The first kappa shape index (κ1) is 22.0. The highest BCUT2D eigenvalue weighted by atomic mass is 14.6. The predicted molar refractivity (Wildman–Crippen MR) is 103 cm³/mol. The number of hydrogen-bond donors (Lipinski definition) is 0. The second-order valence-corrected chi connectivity index (χ2v) is 8.73. The van der Waals surface area contributed by atoms with E-state index in [1.54, 1.807) is 0 Å². The molecule has 0 aliphatic heterocycles. The summed E-state index contributed by atoms with van der Waals surface area (Å²) in [7, 11) is 0. The summed E-state index contributed by atoms with van der Waals surface area (Å²) in [4.78, 5) is 0. The van der Waals surface area contributed by atoms with E-state index >= 15 is 0 Å². The summed E-state index contributed by atoms with van der Waals surface area (Å²) in [5.74, 6) is 0. The van der Waals surface area contributed by atoms with Crippen LogP contribution < -0.4 is 0 Å². The van der Waals surface area contributed by atoms with Gasteiger partial charge < -0.3 is 0 Å². The SMILES string of the molecule is CCCCC(C)(CC)C(CC)(CC)C(C)(CC)C(C)(C)CC. The van der Waals surface area contributed by atoms with Gasteiger partial charge in [-0.1, -0.05) is 94.9 Å². The summed E-state index contributed by atoms with van der Waals surface area (Å²) in [6.07, 6.45) is 10.6. The van der Waals surface area contributed by atoms with Crippen LogP contribution in [0.25, 0.3) is 0 Å². The lowest BCUT2D eigenvalue weighted by Gasteiger charge is -2.64. The molecule has 0 fully saturated rings. The Hall–Kier alpha value is 0. The molecule has 2 atom stereocenters. The van der Waals surface area contributed by atoms with E-state index < -0.39 is 0 Å². The topological polar surface area (TPSA) is 0 Å². The van der Waals surface area contributed by atoms with Gasteiger partial charge in [0.1, 0.15) is 0 Å². The van der Waals surface area contributed by atoms with Crippen molar-refractivity contribution in [2.24, 2.45) is 21.7 Å². The molecule has 0 aromatic rings. The van der Waals surface area contributed by atoms with Crippen LogP contribution >= 0.6 is 0 Å². The van der Waals surface area contributed by atoms with Gasteiger partial charge in [0.05, 0.1) is 0 Å². The zero-order chi connectivity index (χ0) is 17.7. The Morgan fingerprint density at radius 2 is 1.09 bits per heavy atom. The molecule has 0 heterocycles. The third-order valence-corrected chi connectivity index (χ3v) is 8.37. The van der Waals surface area contributed by atoms with Crippen LogP contribution in [-0.2, 0) is 0 Å². The van der Waals surface area contributed by atoms with Crippen molar-refractivity contribution >= 4 is 0 Å². The Morgan fingerprint density at radius 1 is 0.591 bits per heavy atom. The highest BCUT2D eigenvalue weighted by Crippen LogP contribution is 2.67. The van der Waals surface area contributed by atoms with Crippen molar-refractivity contribution in [3.63, 3.8) is 0 Å². The first-order valence-electron chi connectivity index (χ1n) is 10.1. The van der Waals surface area contributed by atoms with Gasteiger partial charge in [-0.3, -0.25) is 0 Å². The highest BCUT2D eigenvalue weighted by Gasteiger charge is 2.59. The van der Waals surface area contributed by atoms with Gasteiger partial charge in [0.15, 0.2) is 0 Å². The summed E-state index contributed by atoms with van der Waals surface area (Å²) in [5.41, 5.74) is 1.65. The molecular weight excluding hydrogens is 264 g/mol. The van der Waals surface area contributed by atoms with E-state index in [0.717, 1.165) is 0 Å². The van der Waals surface area contributed by atoms with Crippen LogP contribution in [0.15, 0.2) is 0 Å². The van der Waals surface area contributed by atoms with Crippen molar-refractivity contribution in [3.8, 4) is 0 Å². The minimum Gasteiger partial charge on any atom is -0.0654 e. The highest BCUT2D eigenvalue weighted by molar-refractivity contribution is 5.08. The molecule has 134 valence electrons. The molecule has 0 radical (unpaired) electrons. The fraction of sp³-hybridized carbons (Fsp3) is 1.00. The van der Waals surface area contributed by atoms with E-state index in [1.165, 1.54) is 51.4 Å². The normalized spacial score (nSPS) is 18.8. The molecule has 2 unspecified atom stereocenters. The molecule has 0 saturated heterocycles. The third kappa shape index (κ3) is 3.27. The van der Waals surface area contributed by atoms with Gasteiger partial charge in [-0.25, -0.2) is 0 Å². The van der Waals surface area contributed by atoms with Crippen molar-refractivity contribution in [3.05, 3.63) is 0 Å². The maximum absolute atomic E-state index is 2.61. The molecule has 22 heavy (non-hydrogen) atoms. The molecule has 0 spiro atoms. The summed E-state index contributed by atoms with van der Waals surface area (Å²) in [5, 5.41) is 0. The molecule has 0 bridgehead atoms. The lowest BCUT2D eigenvalue weighted by atomic mass is 9.40. The first-order chi connectivity index (χ1) is 10.1. The average Bonchev–Trinajstić information content (AvgIpc) is 2.53. The standard InChI is InChI=1S/C22H46/c1-11-17-18-20(9,13-3)22(15-5,16-6)21(10,14-4)19(7,8)12-2/h11-18H2,1-10H3. The summed E-state index contributed by atoms with van der Waals surface area (Å²) < 4.78 is 0. The average molecular weight is 311 g/mol. The van der Waals surface area contributed by atoms with Crippen LogP contribution in [0.2, 0.25) is 0 Å². The zero-order valence-electron chi connectivity index (χ0n) is 17.7. The van der Waals surface area contributed by atoms with E-state index in [9.17, 15) is 0 Å². The molecular formula is C22H46. The van der Waals surface area contributed by atoms with E-state index in [-0.39, 0.29) is 0 Å². The van der Waals surface area contributed by atoms with Crippen LogP contribution in [0.4, 0.5) is 0 Å². The number of unbranched alkanes of at least 4 members (excludes halogenated alkanes) is 1. The van der Waals surface area contributed by atoms with Crippen LogP contribution in [0, 0.1) is 21.7 Å². The Kier molecular flexibility index (Phi) is 8.20.